The molecule has 0 unspecified atom stereocenters. The van der Waals surface area contributed by atoms with Gasteiger partial charge in [0.2, 0.25) is 10.0 Å². The zero-order valence-corrected chi connectivity index (χ0v) is 13.3. The van der Waals surface area contributed by atoms with Crippen molar-refractivity contribution in [3.05, 3.63) is 71.1 Å². The van der Waals surface area contributed by atoms with Crippen molar-refractivity contribution in [2.75, 3.05) is 0 Å². The van der Waals surface area contributed by atoms with E-state index in [1.54, 1.807) is 30.7 Å². The Kier molecular flexibility index (Phi) is 4.37. The van der Waals surface area contributed by atoms with Gasteiger partial charge in [-0.2, -0.15) is 4.31 Å². The first kappa shape index (κ1) is 15.0. The largest absolute Gasteiger partial charge is 0.472 e. The molecule has 0 saturated heterocycles. The molecule has 0 aliphatic carbocycles. The number of aromatic nitrogens is 1. The van der Waals surface area contributed by atoms with E-state index in [2.05, 4.69) is 4.98 Å². The third-order valence-corrected chi connectivity index (χ3v) is 5.76. The molecule has 7 heteroatoms. The number of sulfonamides is 1. The van der Waals surface area contributed by atoms with Gasteiger partial charge in [-0.25, -0.2) is 8.42 Å². The summed E-state index contributed by atoms with van der Waals surface area (Å²) in [5.41, 5.74) is 0.809. The fourth-order valence-corrected chi connectivity index (χ4v) is 4.21. The summed E-state index contributed by atoms with van der Waals surface area (Å²) >= 11 is 1.53. The molecule has 3 heterocycles. The molecule has 0 atom stereocenters. The van der Waals surface area contributed by atoms with Crippen molar-refractivity contribution in [3.63, 3.8) is 0 Å². The Morgan fingerprint density at radius 3 is 2.73 bits per heavy atom. The number of rotatable bonds is 6. The normalized spacial score (nSPS) is 11.9. The molecule has 0 N–H and O–H groups in total. The van der Waals surface area contributed by atoms with Gasteiger partial charge in [0, 0.05) is 35.9 Å². The Hall–Kier alpha value is -1.96. The van der Waals surface area contributed by atoms with Crippen LogP contribution in [-0.2, 0) is 23.1 Å². The lowest BCUT2D eigenvalue weighted by Crippen LogP contribution is -2.29. The highest BCUT2D eigenvalue weighted by molar-refractivity contribution is 7.89. The summed E-state index contributed by atoms with van der Waals surface area (Å²) in [6, 6.07) is 8.77. The van der Waals surface area contributed by atoms with Gasteiger partial charge in [0.1, 0.15) is 4.90 Å². The van der Waals surface area contributed by atoms with Gasteiger partial charge in [-0.05, 0) is 29.6 Å². The Morgan fingerprint density at radius 2 is 2.09 bits per heavy atom. The van der Waals surface area contributed by atoms with Gasteiger partial charge < -0.3 is 4.42 Å². The SMILES string of the molecule is O=S(=O)(c1cccnc1)N(Cc1ccoc1)Cc1cccs1. The molecule has 0 aliphatic rings. The number of furan rings is 1. The summed E-state index contributed by atoms with van der Waals surface area (Å²) < 4.78 is 32.2. The second kappa shape index (κ2) is 6.43. The van der Waals surface area contributed by atoms with E-state index in [-0.39, 0.29) is 11.4 Å². The molecule has 0 radical (unpaired) electrons. The molecular formula is C15H14N2O3S2. The van der Waals surface area contributed by atoms with Gasteiger partial charge in [-0.15, -0.1) is 11.3 Å². The summed E-state index contributed by atoms with van der Waals surface area (Å²) in [6.07, 6.45) is 6.01. The minimum absolute atomic E-state index is 0.190. The van der Waals surface area contributed by atoms with E-state index in [1.165, 1.54) is 28.1 Å². The van der Waals surface area contributed by atoms with Crippen LogP contribution in [0.1, 0.15) is 10.4 Å². The summed E-state index contributed by atoms with van der Waals surface area (Å²) in [7, 11) is -3.62. The van der Waals surface area contributed by atoms with Gasteiger partial charge in [0.15, 0.2) is 0 Å². The summed E-state index contributed by atoms with van der Waals surface area (Å²) in [5.74, 6) is 0. The van der Waals surface area contributed by atoms with Crippen molar-refractivity contribution in [3.8, 4) is 0 Å². The molecular weight excluding hydrogens is 320 g/mol. The molecule has 0 saturated carbocycles. The topological polar surface area (TPSA) is 63.4 Å². The second-order valence-electron chi connectivity index (χ2n) is 4.67. The van der Waals surface area contributed by atoms with E-state index in [0.29, 0.717) is 6.54 Å². The highest BCUT2D eigenvalue weighted by atomic mass is 32.2. The number of thiophene rings is 1. The predicted octanol–water partition coefficient (Wildman–Crippen LogP) is 3.13. The number of pyridine rings is 1. The van der Waals surface area contributed by atoms with Gasteiger partial charge in [0.25, 0.3) is 0 Å². The van der Waals surface area contributed by atoms with E-state index in [0.717, 1.165) is 10.4 Å². The third kappa shape index (κ3) is 3.27. The standard InChI is InChI=1S/C15H14N2O3S2/c18-22(19,15-4-1-6-16-9-15)17(10-13-5-7-20-12-13)11-14-3-2-8-21-14/h1-9,12H,10-11H2. The van der Waals surface area contributed by atoms with E-state index >= 15 is 0 Å². The molecule has 5 nitrogen and oxygen atoms in total. The van der Waals surface area contributed by atoms with Crippen LogP contribution >= 0.6 is 11.3 Å². The lowest BCUT2D eigenvalue weighted by atomic mass is 10.3. The first-order valence-electron chi connectivity index (χ1n) is 6.60. The Balaban J connectivity index is 1.93. The van der Waals surface area contributed by atoms with E-state index in [4.69, 9.17) is 4.42 Å². The average Bonchev–Trinajstić information content (AvgIpc) is 3.21. The van der Waals surface area contributed by atoms with Crippen LogP contribution < -0.4 is 0 Å². The van der Waals surface area contributed by atoms with E-state index in [9.17, 15) is 8.42 Å². The predicted molar refractivity (Wildman–Crippen MR) is 83.7 cm³/mol. The zero-order valence-electron chi connectivity index (χ0n) is 11.6. The smallest absolute Gasteiger partial charge is 0.245 e. The fraction of sp³-hybridized carbons (Fsp3) is 0.133. The van der Waals surface area contributed by atoms with Gasteiger partial charge in [-0.1, -0.05) is 6.07 Å². The lowest BCUT2D eigenvalue weighted by molar-refractivity contribution is 0.402. The highest BCUT2D eigenvalue weighted by Crippen LogP contribution is 2.22. The van der Waals surface area contributed by atoms with Crippen LogP contribution in [0.3, 0.4) is 0 Å². The minimum atomic E-state index is -3.62. The van der Waals surface area contributed by atoms with Crippen LogP contribution in [0.2, 0.25) is 0 Å². The molecule has 114 valence electrons. The van der Waals surface area contributed by atoms with Gasteiger partial charge in [0.05, 0.1) is 12.5 Å². The van der Waals surface area contributed by atoms with Crippen molar-refractivity contribution in [2.45, 2.75) is 18.0 Å². The van der Waals surface area contributed by atoms with Crippen molar-refractivity contribution in [1.29, 1.82) is 0 Å². The Bertz CT molecular complexity index is 762. The summed E-state index contributed by atoms with van der Waals surface area (Å²) in [6.45, 7) is 0.575. The van der Waals surface area contributed by atoms with E-state index in [1.807, 2.05) is 17.5 Å². The van der Waals surface area contributed by atoms with Crippen LogP contribution in [0.15, 0.2) is 69.9 Å². The van der Waals surface area contributed by atoms with Crippen molar-refractivity contribution in [1.82, 2.24) is 9.29 Å². The van der Waals surface area contributed by atoms with Gasteiger partial charge in [-0.3, -0.25) is 4.98 Å². The number of hydrogen-bond acceptors (Lipinski definition) is 5. The molecule has 0 spiro atoms. The third-order valence-electron chi connectivity index (χ3n) is 3.12. The molecule has 3 rings (SSSR count). The van der Waals surface area contributed by atoms with Crippen molar-refractivity contribution < 1.29 is 12.8 Å². The molecule has 0 aliphatic heterocycles. The molecule has 22 heavy (non-hydrogen) atoms. The van der Waals surface area contributed by atoms with Crippen LogP contribution in [0.5, 0.6) is 0 Å². The molecule has 0 amide bonds. The maximum atomic E-state index is 12.8. The van der Waals surface area contributed by atoms with Crippen molar-refractivity contribution >= 4 is 21.4 Å². The van der Waals surface area contributed by atoms with Crippen LogP contribution in [-0.4, -0.2) is 17.7 Å². The number of hydrogen-bond donors (Lipinski definition) is 0. The maximum Gasteiger partial charge on any atom is 0.245 e. The summed E-state index contributed by atoms with van der Waals surface area (Å²) in [5, 5.41) is 1.93. The monoisotopic (exact) mass is 334 g/mol. The van der Waals surface area contributed by atoms with Crippen molar-refractivity contribution in [2.24, 2.45) is 0 Å². The van der Waals surface area contributed by atoms with Crippen LogP contribution in [0.25, 0.3) is 0 Å². The first-order chi connectivity index (χ1) is 10.7. The lowest BCUT2D eigenvalue weighted by Gasteiger charge is -2.20. The summed E-state index contributed by atoms with van der Waals surface area (Å²) in [4.78, 5) is 5.08. The second-order valence-corrected chi connectivity index (χ2v) is 7.64. The first-order valence-corrected chi connectivity index (χ1v) is 8.92. The van der Waals surface area contributed by atoms with Gasteiger partial charge >= 0.3 is 0 Å². The van der Waals surface area contributed by atoms with E-state index < -0.39 is 10.0 Å². The Morgan fingerprint density at radius 1 is 1.18 bits per heavy atom. The zero-order chi connectivity index (χ0) is 15.4. The quantitative estimate of drug-likeness (QED) is 0.695. The minimum Gasteiger partial charge on any atom is -0.472 e. The highest BCUT2D eigenvalue weighted by Gasteiger charge is 2.25. The van der Waals surface area contributed by atoms with Crippen LogP contribution in [0.4, 0.5) is 0 Å². The maximum absolute atomic E-state index is 12.8. The number of nitrogens with zero attached hydrogens (tertiary/aromatic N) is 2. The van der Waals surface area contributed by atoms with Crippen LogP contribution in [0, 0.1) is 0 Å². The average molecular weight is 334 g/mol. The molecule has 0 bridgehead atoms. The molecule has 0 fully saturated rings. The Labute approximate surface area is 132 Å². The molecule has 3 aromatic rings. The molecule has 3 aromatic heterocycles. The molecule has 0 aromatic carbocycles. The fourth-order valence-electron chi connectivity index (χ4n) is 2.04.